The highest BCUT2D eigenvalue weighted by molar-refractivity contribution is 7.13. The van der Waals surface area contributed by atoms with Crippen LogP contribution in [-0.4, -0.2) is 22.5 Å². The molecule has 0 fully saturated rings. The quantitative estimate of drug-likeness (QED) is 0.831. The highest BCUT2D eigenvalue weighted by Crippen LogP contribution is 2.28. The summed E-state index contributed by atoms with van der Waals surface area (Å²) in [7, 11) is 0. The fraction of sp³-hybridized carbons (Fsp3) is 0.462. The SMILES string of the molecule is CCOC(=O)C(C)(C)c1csc(NCc2cscn2)n1. The lowest BCUT2D eigenvalue weighted by atomic mass is 9.90. The van der Waals surface area contributed by atoms with Crippen LogP contribution in [0.15, 0.2) is 16.3 Å². The highest BCUT2D eigenvalue weighted by atomic mass is 32.1. The van der Waals surface area contributed by atoms with Crippen molar-refractivity contribution in [2.75, 3.05) is 11.9 Å². The molecule has 0 aliphatic heterocycles. The summed E-state index contributed by atoms with van der Waals surface area (Å²) >= 11 is 3.04. The fourth-order valence-corrected chi connectivity index (χ4v) is 2.98. The van der Waals surface area contributed by atoms with E-state index in [2.05, 4.69) is 15.3 Å². The van der Waals surface area contributed by atoms with E-state index in [1.54, 1.807) is 23.8 Å². The van der Waals surface area contributed by atoms with E-state index in [0.29, 0.717) is 13.2 Å². The second-order valence-electron chi connectivity index (χ2n) is 4.72. The summed E-state index contributed by atoms with van der Waals surface area (Å²) < 4.78 is 5.09. The predicted octanol–water partition coefficient (Wildman–Crippen LogP) is 3.05. The number of aromatic nitrogens is 2. The van der Waals surface area contributed by atoms with Gasteiger partial charge in [-0.2, -0.15) is 0 Å². The van der Waals surface area contributed by atoms with Crippen LogP contribution in [0, 0.1) is 0 Å². The molecule has 108 valence electrons. The molecule has 0 aliphatic rings. The Morgan fingerprint density at radius 3 is 2.90 bits per heavy atom. The molecular formula is C13H17N3O2S2. The van der Waals surface area contributed by atoms with Crippen molar-refractivity contribution in [2.24, 2.45) is 0 Å². The molecule has 5 nitrogen and oxygen atoms in total. The zero-order chi connectivity index (χ0) is 14.6. The number of thiazole rings is 2. The normalized spacial score (nSPS) is 11.3. The minimum atomic E-state index is -0.729. The molecule has 0 saturated carbocycles. The van der Waals surface area contributed by atoms with Crippen LogP contribution in [0.4, 0.5) is 5.13 Å². The number of hydrogen-bond acceptors (Lipinski definition) is 7. The number of ether oxygens (including phenoxy) is 1. The van der Waals surface area contributed by atoms with Crippen molar-refractivity contribution >= 4 is 33.8 Å². The number of nitrogens with zero attached hydrogens (tertiary/aromatic N) is 2. The molecule has 0 aliphatic carbocycles. The van der Waals surface area contributed by atoms with E-state index in [9.17, 15) is 4.79 Å². The van der Waals surface area contributed by atoms with Crippen molar-refractivity contribution in [3.8, 4) is 0 Å². The Morgan fingerprint density at radius 1 is 1.45 bits per heavy atom. The van der Waals surface area contributed by atoms with Gasteiger partial charge in [0, 0.05) is 10.8 Å². The highest BCUT2D eigenvalue weighted by Gasteiger charge is 2.33. The summed E-state index contributed by atoms with van der Waals surface area (Å²) in [4.78, 5) is 20.6. The molecule has 0 amide bonds. The third kappa shape index (κ3) is 3.34. The van der Waals surface area contributed by atoms with Crippen molar-refractivity contribution < 1.29 is 9.53 Å². The topological polar surface area (TPSA) is 64.1 Å². The maximum absolute atomic E-state index is 11.9. The predicted molar refractivity (Wildman–Crippen MR) is 81.2 cm³/mol. The van der Waals surface area contributed by atoms with Gasteiger partial charge in [0.1, 0.15) is 5.41 Å². The van der Waals surface area contributed by atoms with Crippen molar-refractivity contribution in [1.29, 1.82) is 0 Å². The smallest absolute Gasteiger partial charge is 0.317 e. The Morgan fingerprint density at radius 2 is 2.25 bits per heavy atom. The number of anilines is 1. The number of esters is 1. The van der Waals surface area contributed by atoms with Gasteiger partial charge in [-0.25, -0.2) is 9.97 Å². The largest absolute Gasteiger partial charge is 0.465 e. The third-order valence-corrected chi connectivity index (χ3v) is 4.27. The first kappa shape index (κ1) is 14.9. The van der Waals surface area contributed by atoms with Crippen LogP contribution in [0.5, 0.6) is 0 Å². The van der Waals surface area contributed by atoms with Crippen LogP contribution >= 0.6 is 22.7 Å². The van der Waals surface area contributed by atoms with Crippen LogP contribution in [0.3, 0.4) is 0 Å². The van der Waals surface area contributed by atoms with Crippen LogP contribution in [0.25, 0.3) is 0 Å². The van der Waals surface area contributed by atoms with Crippen molar-refractivity contribution in [1.82, 2.24) is 9.97 Å². The van der Waals surface area contributed by atoms with E-state index in [1.807, 2.05) is 24.6 Å². The van der Waals surface area contributed by atoms with Gasteiger partial charge in [-0.15, -0.1) is 22.7 Å². The van der Waals surface area contributed by atoms with E-state index in [1.165, 1.54) is 11.3 Å². The zero-order valence-electron chi connectivity index (χ0n) is 11.7. The molecule has 0 spiro atoms. The van der Waals surface area contributed by atoms with Gasteiger partial charge >= 0.3 is 5.97 Å². The number of carbonyl (C=O) groups is 1. The number of rotatable bonds is 6. The van der Waals surface area contributed by atoms with Gasteiger partial charge in [-0.1, -0.05) is 0 Å². The number of nitrogens with one attached hydrogen (secondary N) is 1. The summed E-state index contributed by atoms with van der Waals surface area (Å²) in [5.74, 6) is -0.253. The molecule has 2 aromatic heterocycles. The molecule has 0 aromatic carbocycles. The van der Waals surface area contributed by atoms with Gasteiger partial charge in [0.15, 0.2) is 5.13 Å². The van der Waals surface area contributed by atoms with Gasteiger partial charge in [0.05, 0.1) is 30.1 Å². The molecule has 1 N–H and O–H groups in total. The molecular weight excluding hydrogens is 294 g/mol. The molecule has 0 bridgehead atoms. The molecule has 0 saturated heterocycles. The molecule has 2 rings (SSSR count). The lowest BCUT2D eigenvalue weighted by Crippen LogP contribution is -2.31. The molecule has 0 unspecified atom stereocenters. The van der Waals surface area contributed by atoms with E-state index in [4.69, 9.17) is 4.74 Å². The monoisotopic (exact) mass is 311 g/mol. The Balaban J connectivity index is 2.02. The summed E-state index contributed by atoms with van der Waals surface area (Å²) in [5.41, 5.74) is 2.78. The van der Waals surface area contributed by atoms with Crippen LogP contribution in [0.1, 0.15) is 32.2 Å². The van der Waals surface area contributed by atoms with Crippen molar-refractivity contribution in [3.05, 3.63) is 27.7 Å². The maximum Gasteiger partial charge on any atom is 0.317 e. The Kier molecular flexibility index (Phi) is 4.72. The summed E-state index contributed by atoms with van der Waals surface area (Å²) in [5, 5.41) is 7.87. The Bertz CT molecular complexity index is 564. The molecule has 2 aromatic rings. The molecule has 0 radical (unpaired) electrons. The Hall–Kier alpha value is -1.47. The van der Waals surface area contributed by atoms with Crippen LogP contribution in [0.2, 0.25) is 0 Å². The third-order valence-electron chi connectivity index (χ3n) is 2.83. The second kappa shape index (κ2) is 6.32. The minimum Gasteiger partial charge on any atom is -0.465 e. The van der Waals surface area contributed by atoms with E-state index in [0.717, 1.165) is 16.5 Å². The summed E-state index contributed by atoms with van der Waals surface area (Å²) in [6.07, 6.45) is 0. The average Bonchev–Trinajstić information content (AvgIpc) is 3.08. The van der Waals surface area contributed by atoms with Crippen molar-refractivity contribution in [3.63, 3.8) is 0 Å². The lowest BCUT2D eigenvalue weighted by Gasteiger charge is -2.19. The zero-order valence-corrected chi connectivity index (χ0v) is 13.3. The lowest BCUT2D eigenvalue weighted by molar-refractivity contribution is -0.148. The molecule has 0 atom stereocenters. The molecule has 20 heavy (non-hydrogen) atoms. The van der Waals surface area contributed by atoms with E-state index < -0.39 is 5.41 Å². The van der Waals surface area contributed by atoms with Gasteiger partial charge in [-0.05, 0) is 20.8 Å². The standard InChI is InChI=1S/C13H17N3O2S2/c1-4-18-11(17)13(2,3)10-7-20-12(16-10)14-5-9-6-19-8-15-9/h6-8H,4-5H2,1-3H3,(H,14,16). The molecule has 2 heterocycles. The van der Waals surface area contributed by atoms with Crippen LogP contribution < -0.4 is 5.32 Å². The van der Waals surface area contributed by atoms with E-state index >= 15 is 0 Å². The first-order chi connectivity index (χ1) is 9.54. The number of carbonyl (C=O) groups excluding carboxylic acids is 1. The first-order valence-corrected chi connectivity index (χ1v) is 8.10. The van der Waals surface area contributed by atoms with Gasteiger partial charge in [-0.3, -0.25) is 4.79 Å². The van der Waals surface area contributed by atoms with E-state index in [-0.39, 0.29) is 5.97 Å². The fourth-order valence-electron chi connectivity index (χ4n) is 1.55. The maximum atomic E-state index is 11.9. The second-order valence-corrected chi connectivity index (χ2v) is 6.29. The van der Waals surface area contributed by atoms with Gasteiger partial charge in [0.25, 0.3) is 0 Å². The van der Waals surface area contributed by atoms with Gasteiger partial charge in [0.2, 0.25) is 0 Å². The Labute approximate surface area is 126 Å². The molecule has 7 heteroatoms. The van der Waals surface area contributed by atoms with Gasteiger partial charge < -0.3 is 10.1 Å². The number of hydrogen-bond donors (Lipinski definition) is 1. The van der Waals surface area contributed by atoms with Crippen LogP contribution in [-0.2, 0) is 21.5 Å². The first-order valence-electron chi connectivity index (χ1n) is 6.28. The summed E-state index contributed by atoms with van der Waals surface area (Å²) in [6, 6.07) is 0. The summed E-state index contributed by atoms with van der Waals surface area (Å²) in [6.45, 7) is 6.46. The van der Waals surface area contributed by atoms with Crippen molar-refractivity contribution in [2.45, 2.75) is 32.7 Å². The average molecular weight is 311 g/mol. The minimum absolute atomic E-state index is 0.253.